The van der Waals surface area contributed by atoms with Crippen molar-refractivity contribution in [2.45, 2.75) is 27.7 Å². The third-order valence-corrected chi connectivity index (χ3v) is 5.44. The summed E-state index contributed by atoms with van der Waals surface area (Å²) in [6, 6.07) is 13.6. The summed E-state index contributed by atoms with van der Waals surface area (Å²) in [4.78, 5) is 21.5. The monoisotopic (exact) mass is 407 g/mol. The number of nitrogens with one attached hydrogen (secondary N) is 1. The van der Waals surface area contributed by atoms with Crippen LogP contribution in [-0.2, 0) is 0 Å². The Kier molecular flexibility index (Phi) is 5.44. The van der Waals surface area contributed by atoms with Crippen LogP contribution in [0.3, 0.4) is 0 Å². The number of amidine groups is 1. The van der Waals surface area contributed by atoms with E-state index in [1.165, 1.54) is 5.57 Å². The van der Waals surface area contributed by atoms with Gasteiger partial charge in [-0.15, -0.1) is 0 Å². The summed E-state index contributed by atoms with van der Waals surface area (Å²) in [5.74, 6) is 6.89. The van der Waals surface area contributed by atoms with Crippen LogP contribution in [-0.4, -0.2) is 23.3 Å². The molecule has 0 bridgehead atoms. The molecular formula is C27H25N3O. The van der Waals surface area contributed by atoms with Crippen LogP contribution in [0.25, 0.3) is 10.8 Å². The Hall–Kier alpha value is -3.71. The second-order valence-electron chi connectivity index (χ2n) is 8.76. The fourth-order valence-corrected chi connectivity index (χ4v) is 3.39. The molecule has 0 unspecified atom stereocenters. The van der Waals surface area contributed by atoms with E-state index in [4.69, 9.17) is 0 Å². The van der Waals surface area contributed by atoms with Gasteiger partial charge in [0.2, 0.25) is 0 Å². The highest BCUT2D eigenvalue weighted by Gasteiger charge is 2.22. The van der Waals surface area contributed by atoms with E-state index in [1.54, 1.807) is 6.20 Å². The second-order valence-corrected chi connectivity index (χ2v) is 8.76. The average molecular weight is 408 g/mol. The first-order chi connectivity index (χ1) is 14.8. The lowest BCUT2D eigenvalue weighted by Crippen LogP contribution is -2.28. The minimum atomic E-state index is -0.181. The largest absolute Gasteiger partial charge is 0.307 e. The molecule has 4 rings (SSSR count). The van der Waals surface area contributed by atoms with Crippen molar-refractivity contribution >= 4 is 22.5 Å². The Bertz CT molecular complexity index is 1290. The molecule has 154 valence electrons. The first-order valence-corrected chi connectivity index (χ1v) is 10.3. The molecule has 4 nitrogen and oxygen atoms in total. The van der Waals surface area contributed by atoms with Crippen LogP contribution in [0, 0.1) is 24.2 Å². The molecule has 2 heterocycles. The Morgan fingerprint density at radius 1 is 1.03 bits per heavy atom. The van der Waals surface area contributed by atoms with Gasteiger partial charge in [-0.1, -0.05) is 62.9 Å². The van der Waals surface area contributed by atoms with Crippen LogP contribution < -0.4 is 5.32 Å². The summed E-state index contributed by atoms with van der Waals surface area (Å²) in [6.07, 6.45) is 5.58. The number of carbonyl (C=O) groups excluding carboxylic acids is 1. The first kappa shape index (κ1) is 20.6. The fourth-order valence-electron chi connectivity index (χ4n) is 3.39. The quantitative estimate of drug-likeness (QED) is 0.574. The number of aliphatic imine (C=N–C) groups is 1. The molecule has 1 aromatic heterocycles. The molecule has 0 atom stereocenters. The van der Waals surface area contributed by atoms with Gasteiger partial charge in [0.15, 0.2) is 0 Å². The van der Waals surface area contributed by atoms with E-state index in [0.29, 0.717) is 17.9 Å². The second kappa shape index (κ2) is 8.20. The number of hydrogen-bond acceptors (Lipinski definition) is 3. The molecule has 0 saturated heterocycles. The number of aryl methyl sites for hydroxylation is 1. The topological polar surface area (TPSA) is 54.4 Å². The molecule has 0 saturated carbocycles. The lowest BCUT2D eigenvalue weighted by molar-refractivity contribution is 0.0977. The first-order valence-electron chi connectivity index (χ1n) is 10.3. The van der Waals surface area contributed by atoms with Gasteiger partial charge in [-0.25, -0.2) is 0 Å². The Morgan fingerprint density at radius 3 is 2.58 bits per heavy atom. The maximum Gasteiger partial charge on any atom is 0.256 e. The maximum absolute atomic E-state index is 12.8. The highest BCUT2D eigenvalue weighted by atomic mass is 16.1. The van der Waals surface area contributed by atoms with Crippen molar-refractivity contribution < 1.29 is 4.79 Å². The van der Waals surface area contributed by atoms with Crippen molar-refractivity contribution in [2.24, 2.45) is 10.4 Å². The maximum atomic E-state index is 12.8. The van der Waals surface area contributed by atoms with Gasteiger partial charge in [0.25, 0.3) is 5.91 Å². The van der Waals surface area contributed by atoms with Crippen molar-refractivity contribution in [1.82, 2.24) is 10.3 Å². The van der Waals surface area contributed by atoms with Gasteiger partial charge in [0.1, 0.15) is 5.84 Å². The van der Waals surface area contributed by atoms with Crippen molar-refractivity contribution in [3.63, 3.8) is 0 Å². The molecule has 1 aliphatic heterocycles. The van der Waals surface area contributed by atoms with Crippen molar-refractivity contribution in [3.8, 4) is 11.8 Å². The van der Waals surface area contributed by atoms with Crippen LogP contribution in [0.4, 0.5) is 0 Å². The normalized spacial score (nSPS) is 13.3. The van der Waals surface area contributed by atoms with Crippen molar-refractivity contribution in [2.75, 3.05) is 6.54 Å². The fraction of sp³-hybridized carbons (Fsp3) is 0.222. The van der Waals surface area contributed by atoms with Gasteiger partial charge in [0, 0.05) is 34.3 Å². The minimum absolute atomic E-state index is 0.0407. The highest BCUT2D eigenvalue weighted by Crippen LogP contribution is 2.27. The summed E-state index contributed by atoms with van der Waals surface area (Å²) < 4.78 is 0. The number of amides is 1. The number of nitrogens with zero attached hydrogens (tertiary/aromatic N) is 2. The van der Waals surface area contributed by atoms with Crippen LogP contribution in [0.2, 0.25) is 0 Å². The van der Waals surface area contributed by atoms with Gasteiger partial charge in [-0.2, -0.15) is 0 Å². The van der Waals surface area contributed by atoms with Gasteiger partial charge in [0.05, 0.1) is 12.1 Å². The molecule has 0 aliphatic carbocycles. The zero-order valence-electron chi connectivity index (χ0n) is 18.3. The molecule has 1 aliphatic rings. The minimum Gasteiger partial charge on any atom is -0.307 e. The third-order valence-electron chi connectivity index (χ3n) is 5.44. The molecule has 0 spiro atoms. The molecule has 2 aromatic carbocycles. The summed E-state index contributed by atoms with van der Waals surface area (Å²) >= 11 is 0. The zero-order chi connectivity index (χ0) is 22.0. The van der Waals surface area contributed by atoms with Crippen molar-refractivity contribution in [1.29, 1.82) is 0 Å². The van der Waals surface area contributed by atoms with Gasteiger partial charge >= 0.3 is 0 Å². The smallest absolute Gasteiger partial charge is 0.256 e. The number of rotatable bonds is 1. The van der Waals surface area contributed by atoms with Gasteiger partial charge in [-0.05, 0) is 41.7 Å². The van der Waals surface area contributed by atoms with E-state index < -0.39 is 0 Å². The Morgan fingerprint density at radius 2 is 1.81 bits per heavy atom. The molecule has 0 radical (unpaired) electrons. The average Bonchev–Trinajstić information content (AvgIpc) is 3.22. The van der Waals surface area contributed by atoms with Gasteiger partial charge in [-0.3, -0.25) is 14.8 Å². The van der Waals surface area contributed by atoms with Crippen LogP contribution in [0.15, 0.2) is 71.5 Å². The van der Waals surface area contributed by atoms with Crippen LogP contribution in [0.1, 0.15) is 47.8 Å². The number of benzene rings is 2. The molecule has 1 N–H and O–H groups in total. The predicted octanol–water partition coefficient (Wildman–Crippen LogP) is 5.06. The van der Waals surface area contributed by atoms with E-state index in [9.17, 15) is 4.79 Å². The lowest BCUT2D eigenvalue weighted by atomic mass is 9.87. The predicted molar refractivity (Wildman–Crippen MR) is 126 cm³/mol. The standard InChI is InChI=1S/C27H25N3O/c1-18-9-10-20(26(31)30-25-14-23(17-29-25)27(2,3)4)13-19(18)11-12-22-16-28-15-21-7-5-6-8-24(21)22/h5-10,13-16H,17H2,1-4H3,(H,29,30,31). The van der Waals surface area contributed by atoms with E-state index in [0.717, 1.165) is 27.5 Å². The molecular weight excluding hydrogens is 382 g/mol. The van der Waals surface area contributed by atoms with E-state index >= 15 is 0 Å². The van der Waals surface area contributed by atoms with Crippen molar-refractivity contribution in [3.05, 3.63) is 88.8 Å². The molecule has 31 heavy (non-hydrogen) atoms. The number of pyridine rings is 1. The Labute approximate surface area is 183 Å². The molecule has 3 aromatic rings. The number of fused-ring (bicyclic) bond motifs is 1. The summed E-state index contributed by atoms with van der Waals surface area (Å²) in [6.45, 7) is 9.07. The summed E-state index contributed by atoms with van der Waals surface area (Å²) in [5, 5.41) is 5.04. The SMILES string of the molecule is Cc1ccc(C(=O)NC2=NCC(C(C)(C)C)=C2)cc1C#Cc1cncc2ccccc12. The molecule has 4 heteroatoms. The van der Waals surface area contributed by atoms with E-state index in [1.807, 2.05) is 61.7 Å². The highest BCUT2D eigenvalue weighted by molar-refractivity contribution is 6.11. The third kappa shape index (κ3) is 4.57. The molecule has 0 fully saturated rings. The number of carbonyl (C=O) groups is 1. The number of hydrogen-bond donors (Lipinski definition) is 1. The van der Waals surface area contributed by atoms with E-state index in [-0.39, 0.29) is 11.3 Å². The van der Waals surface area contributed by atoms with Gasteiger partial charge < -0.3 is 5.32 Å². The molecule has 1 amide bonds. The number of aromatic nitrogens is 1. The summed E-state index contributed by atoms with van der Waals surface area (Å²) in [5.41, 5.74) is 4.52. The lowest BCUT2D eigenvalue weighted by Gasteiger charge is -2.18. The van der Waals surface area contributed by atoms with Crippen LogP contribution >= 0.6 is 0 Å². The summed E-state index contributed by atoms with van der Waals surface area (Å²) in [7, 11) is 0. The Balaban J connectivity index is 1.58. The van der Waals surface area contributed by atoms with Crippen LogP contribution in [0.5, 0.6) is 0 Å². The zero-order valence-corrected chi connectivity index (χ0v) is 18.3. The van der Waals surface area contributed by atoms with E-state index in [2.05, 4.69) is 47.9 Å².